The Bertz CT molecular complexity index is 1140. The number of halogens is 1. The van der Waals surface area contributed by atoms with Crippen LogP contribution in [0.4, 0.5) is 10.8 Å². The first-order valence-electron chi connectivity index (χ1n) is 9.32. The predicted molar refractivity (Wildman–Crippen MR) is 115 cm³/mol. The van der Waals surface area contributed by atoms with Crippen LogP contribution in [-0.4, -0.2) is 39.7 Å². The number of carbonyl (C=O) groups is 2. The number of piperidine rings is 1. The summed E-state index contributed by atoms with van der Waals surface area (Å²) in [6.45, 7) is 0.933. The van der Waals surface area contributed by atoms with Crippen LogP contribution in [-0.2, 0) is 4.79 Å². The first-order chi connectivity index (χ1) is 14.4. The van der Waals surface area contributed by atoms with Crippen molar-refractivity contribution in [2.75, 3.05) is 18.4 Å². The fraction of sp³-hybridized carbons (Fsp3) is 0.250. The molecular weight excluding hydrogens is 428 g/mol. The summed E-state index contributed by atoms with van der Waals surface area (Å²) >= 11 is 7.31. The monoisotopic (exact) mass is 444 g/mol. The van der Waals surface area contributed by atoms with E-state index in [1.54, 1.807) is 35.2 Å². The van der Waals surface area contributed by atoms with Crippen molar-refractivity contribution in [1.29, 1.82) is 0 Å². The van der Waals surface area contributed by atoms with Crippen molar-refractivity contribution in [3.8, 4) is 0 Å². The van der Waals surface area contributed by atoms with Gasteiger partial charge in [0.25, 0.3) is 11.6 Å². The third-order valence-electron chi connectivity index (χ3n) is 5.07. The van der Waals surface area contributed by atoms with E-state index >= 15 is 0 Å². The van der Waals surface area contributed by atoms with Crippen LogP contribution < -0.4 is 5.32 Å². The minimum Gasteiger partial charge on any atom is -0.339 e. The molecule has 154 valence electrons. The van der Waals surface area contributed by atoms with E-state index in [2.05, 4.69) is 10.3 Å². The largest absolute Gasteiger partial charge is 0.339 e. The quantitative estimate of drug-likeness (QED) is 0.475. The summed E-state index contributed by atoms with van der Waals surface area (Å²) in [6, 6.07) is 11.3. The average molecular weight is 445 g/mol. The van der Waals surface area contributed by atoms with Crippen molar-refractivity contribution in [1.82, 2.24) is 9.88 Å². The Labute approximate surface area is 180 Å². The van der Waals surface area contributed by atoms with Crippen molar-refractivity contribution < 1.29 is 14.5 Å². The maximum Gasteiger partial charge on any atom is 0.270 e. The number of rotatable bonds is 4. The molecular formula is C20H17ClN4O4S. The second-order valence-corrected chi connectivity index (χ2v) is 8.40. The minimum absolute atomic E-state index is 0.0143. The molecule has 8 nitrogen and oxygen atoms in total. The van der Waals surface area contributed by atoms with Gasteiger partial charge in [-0.25, -0.2) is 4.98 Å². The maximum atomic E-state index is 12.6. The summed E-state index contributed by atoms with van der Waals surface area (Å²) in [5.74, 6) is -0.526. The molecule has 0 saturated carbocycles. The summed E-state index contributed by atoms with van der Waals surface area (Å²) in [4.78, 5) is 41.8. The highest BCUT2D eigenvalue weighted by molar-refractivity contribution is 7.22. The molecule has 1 aliphatic rings. The van der Waals surface area contributed by atoms with E-state index in [9.17, 15) is 19.7 Å². The summed E-state index contributed by atoms with van der Waals surface area (Å²) in [6.07, 6.45) is 1.08. The Morgan fingerprint density at radius 1 is 1.20 bits per heavy atom. The maximum absolute atomic E-state index is 12.6. The molecule has 0 unspecified atom stereocenters. The van der Waals surface area contributed by atoms with E-state index in [0.717, 1.165) is 0 Å². The van der Waals surface area contributed by atoms with Gasteiger partial charge >= 0.3 is 0 Å². The van der Waals surface area contributed by atoms with Crippen LogP contribution >= 0.6 is 22.9 Å². The van der Waals surface area contributed by atoms with Gasteiger partial charge in [-0.05, 0) is 31.0 Å². The fourth-order valence-corrected chi connectivity index (χ4v) is 4.56. The van der Waals surface area contributed by atoms with Crippen molar-refractivity contribution in [3.05, 3.63) is 63.2 Å². The fourth-order valence-electron chi connectivity index (χ4n) is 3.44. The molecule has 1 aromatic heterocycles. The smallest absolute Gasteiger partial charge is 0.270 e. The number of non-ortho nitro benzene ring substituents is 1. The molecule has 2 amide bonds. The highest BCUT2D eigenvalue weighted by Crippen LogP contribution is 2.30. The molecule has 0 bridgehead atoms. The number of fused-ring (bicyclic) bond motifs is 1. The van der Waals surface area contributed by atoms with Gasteiger partial charge < -0.3 is 10.2 Å². The molecule has 10 heteroatoms. The summed E-state index contributed by atoms with van der Waals surface area (Å²) < 4.78 is 0.639. The van der Waals surface area contributed by atoms with Gasteiger partial charge in [0.1, 0.15) is 0 Å². The number of hydrogen-bond acceptors (Lipinski definition) is 6. The van der Waals surface area contributed by atoms with Gasteiger partial charge in [0, 0.05) is 31.1 Å². The van der Waals surface area contributed by atoms with Crippen LogP contribution in [0.2, 0.25) is 5.02 Å². The lowest BCUT2D eigenvalue weighted by atomic mass is 9.95. The molecule has 2 aromatic carbocycles. The van der Waals surface area contributed by atoms with Gasteiger partial charge in [0.15, 0.2) is 5.13 Å². The zero-order chi connectivity index (χ0) is 21.3. The number of carbonyl (C=O) groups excluding carboxylic acids is 2. The molecule has 0 aliphatic carbocycles. The number of benzene rings is 2. The van der Waals surface area contributed by atoms with E-state index < -0.39 is 4.92 Å². The second kappa shape index (κ2) is 8.37. The molecule has 3 aromatic rings. The Hall–Kier alpha value is -3.04. The number of nitrogens with zero attached hydrogens (tertiary/aromatic N) is 3. The molecule has 1 aliphatic heterocycles. The number of hydrogen-bond donors (Lipinski definition) is 1. The normalized spacial score (nSPS) is 14.6. The van der Waals surface area contributed by atoms with E-state index in [1.165, 1.54) is 23.5 Å². The number of anilines is 1. The molecule has 30 heavy (non-hydrogen) atoms. The lowest BCUT2D eigenvalue weighted by Crippen LogP contribution is -2.41. The van der Waals surface area contributed by atoms with Gasteiger partial charge in [0.2, 0.25) is 5.91 Å². The Balaban J connectivity index is 1.38. The van der Waals surface area contributed by atoms with Gasteiger partial charge in [-0.1, -0.05) is 35.1 Å². The molecule has 0 radical (unpaired) electrons. The van der Waals surface area contributed by atoms with Crippen molar-refractivity contribution in [3.63, 3.8) is 0 Å². The van der Waals surface area contributed by atoms with E-state index in [-0.39, 0.29) is 23.4 Å². The number of aromatic nitrogens is 1. The molecule has 1 saturated heterocycles. The van der Waals surface area contributed by atoms with E-state index in [1.807, 2.05) is 0 Å². The number of nitro groups is 1. The van der Waals surface area contributed by atoms with Crippen LogP contribution in [0.5, 0.6) is 0 Å². The standard InChI is InChI=1S/C20H17ClN4O4S/c21-15-4-2-1-3-14(15)19(27)24-9-7-12(8-10-24)18(26)23-20-22-16-6-5-13(25(28)29)11-17(16)30-20/h1-6,11-12H,7-10H2,(H,22,23,26). The SMILES string of the molecule is O=C(Nc1nc2ccc([N+](=O)[O-])cc2s1)C1CCN(C(=O)c2ccccc2Cl)CC1. The third kappa shape index (κ3) is 4.12. The summed E-state index contributed by atoms with van der Waals surface area (Å²) in [5, 5.41) is 14.5. The highest BCUT2D eigenvalue weighted by Gasteiger charge is 2.29. The molecule has 0 spiro atoms. The molecule has 0 atom stereocenters. The molecule has 1 fully saturated rings. The summed E-state index contributed by atoms with van der Waals surface area (Å²) in [7, 11) is 0. The minimum atomic E-state index is -0.463. The predicted octanol–water partition coefficient (Wildman–Crippen LogP) is 4.35. The Morgan fingerprint density at radius 3 is 2.63 bits per heavy atom. The number of amides is 2. The van der Waals surface area contributed by atoms with Crippen molar-refractivity contribution in [2.45, 2.75) is 12.8 Å². The van der Waals surface area contributed by atoms with Crippen LogP contribution in [0.15, 0.2) is 42.5 Å². The number of nitro benzene ring substituents is 1. The van der Waals surface area contributed by atoms with Crippen molar-refractivity contribution >= 4 is 55.8 Å². The zero-order valence-corrected chi connectivity index (χ0v) is 17.3. The van der Waals surface area contributed by atoms with E-state index in [4.69, 9.17) is 11.6 Å². The molecule has 2 heterocycles. The number of nitrogens with one attached hydrogen (secondary N) is 1. The first-order valence-corrected chi connectivity index (χ1v) is 10.5. The first kappa shape index (κ1) is 20.2. The van der Waals surface area contributed by atoms with Gasteiger partial charge in [-0.15, -0.1) is 0 Å². The van der Waals surface area contributed by atoms with Crippen LogP contribution in [0.3, 0.4) is 0 Å². The van der Waals surface area contributed by atoms with Gasteiger partial charge in [0.05, 0.1) is 25.7 Å². The molecule has 4 rings (SSSR count). The zero-order valence-electron chi connectivity index (χ0n) is 15.7. The van der Waals surface area contributed by atoms with Crippen LogP contribution in [0, 0.1) is 16.0 Å². The molecule has 1 N–H and O–H groups in total. The van der Waals surface area contributed by atoms with Crippen molar-refractivity contribution in [2.24, 2.45) is 5.92 Å². The highest BCUT2D eigenvalue weighted by atomic mass is 35.5. The van der Waals surface area contributed by atoms with E-state index in [0.29, 0.717) is 51.9 Å². The summed E-state index contributed by atoms with van der Waals surface area (Å²) in [5.41, 5.74) is 1.05. The van der Waals surface area contributed by atoms with Crippen LogP contribution in [0.1, 0.15) is 23.2 Å². The average Bonchev–Trinajstić information content (AvgIpc) is 3.15. The van der Waals surface area contributed by atoms with Gasteiger partial charge in [-0.2, -0.15) is 0 Å². The van der Waals surface area contributed by atoms with Gasteiger partial charge in [-0.3, -0.25) is 19.7 Å². The Morgan fingerprint density at radius 2 is 1.93 bits per heavy atom. The number of likely N-dealkylation sites (tertiary alicyclic amines) is 1. The lowest BCUT2D eigenvalue weighted by Gasteiger charge is -2.31. The lowest BCUT2D eigenvalue weighted by molar-refractivity contribution is -0.384. The third-order valence-corrected chi connectivity index (χ3v) is 6.33. The van der Waals surface area contributed by atoms with Crippen LogP contribution in [0.25, 0.3) is 10.2 Å². The second-order valence-electron chi connectivity index (χ2n) is 6.96. The Kier molecular flexibility index (Phi) is 5.65. The number of thiazole rings is 1. The topological polar surface area (TPSA) is 105 Å².